The molecule has 0 saturated carbocycles. The van der Waals surface area contributed by atoms with Gasteiger partial charge >= 0.3 is 0 Å². The lowest BCUT2D eigenvalue weighted by Crippen LogP contribution is -2.42. The smallest absolute Gasteiger partial charge is 0.211 e. The van der Waals surface area contributed by atoms with Crippen molar-refractivity contribution in [2.24, 2.45) is 0 Å². The van der Waals surface area contributed by atoms with Gasteiger partial charge in [0.2, 0.25) is 10.0 Å². The van der Waals surface area contributed by atoms with Crippen molar-refractivity contribution in [3.63, 3.8) is 0 Å². The molecule has 0 amide bonds. The van der Waals surface area contributed by atoms with Crippen LogP contribution in [-0.2, 0) is 19.5 Å². The van der Waals surface area contributed by atoms with E-state index in [2.05, 4.69) is 4.72 Å². The number of ether oxygens (including phenoxy) is 2. The lowest BCUT2D eigenvalue weighted by molar-refractivity contribution is 0.0173. The van der Waals surface area contributed by atoms with E-state index in [0.717, 1.165) is 32.3 Å². The van der Waals surface area contributed by atoms with Crippen molar-refractivity contribution in [2.45, 2.75) is 57.3 Å². The van der Waals surface area contributed by atoms with Crippen LogP contribution in [0.25, 0.3) is 0 Å². The zero-order valence-corrected chi connectivity index (χ0v) is 11.7. The molecule has 2 fully saturated rings. The Morgan fingerprint density at radius 1 is 1.22 bits per heavy atom. The van der Waals surface area contributed by atoms with Crippen molar-refractivity contribution < 1.29 is 17.9 Å². The van der Waals surface area contributed by atoms with Gasteiger partial charge < -0.3 is 9.47 Å². The van der Waals surface area contributed by atoms with Gasteiger partial charge in [-0.3, -0.25) is 0 Å². The molecule has 2 saturated heterocycles. The third-order valence-corrected chi connectivity index (χ3v) is 5.03. The van der Waals surface area contributed by atoms with E-state index >= 15 is 0 Å². The van der Waals surface area contributed by atoms with Gasteiger partial charge in [0.25, 0.3) is 0 Å². The molecule has 0 aromatic rings. The molecule has 0 aromatic carbocycles. The summed E-state index contributed by atoms with van der Waals surface area (Å²) < 4.78 is 37.5. The predicted molar refractivity (Wildman–Crippen MR) is 68.9 cm³/mol. The molecule has 0 unspecified atom stereocenters. The molecular formula is C12H23NO4S. The van der Waals surface area contributed by atoms with Crippen LogP contribution in [0.15, 0.2) is 0 Å². The summed E-state index contributed by atoms with van der Waals surface area (Å²) in [5.41, 5.74) is 0. The summed E-state index contributed by atoms with van der Waals surface area (Å²) in [4.78, 5) is 0. The Bertz CT molecular complexity index is 351. The summed E-state index contributed by atoms with van der Waals surface area (Å²) in [5, 5.41) is 0. The van der Waals surface area contributed by atoms with Crippen LogP contribution in [0.4, 0.5) is 0 Å². The van der Waals surface area contributed by atoms with Crippen LogP contribution in [0.5, 0.6) is 0 Å². The zero-order chi connectivity index (χ0) is 13.0. The Balaban J connectivity index is 1.75. The molecule has 0 spiro atoms. The van der Waals surface area contributed by atoms with Crippen LogP contribution in [0, 0.1) is 0 Å². The van der Waals surface area contributed by atoms with Gasteiger partial charge in [-0.05, 0) is 39.0 Å². The van der Waals surface area contributed by atoms with E-state index < -0.39 is 10.0 Å². The normalized spacial score (nSPS) is 33.7. The summed E-state index contributed by atoms with van der Waals surface area (Å²) in [6, 6.07) is 0.0308. The highest BCUT2D eigenvalue weighted by molar-refractivity contribution is 7.89. The fourth-order valence-corrected chi connectivity index (χ4v) is 3.99. The molecule has 0 aliphatic carbocycles. The Morgan fingerprint density at radius 2 is 2.06 bits per heavy atom. The fourth-order valence-electron chi connectivity index (χ4n) is 2.58. The fraction of sp³-hybridized carbons (Fsp3) is 1.00. The lowest BCUT2D eigenvalue weighted by atomic mass is 10.1. The first-order valence-electron chi connectivity index (χ1n) is 6.78. The molecule has 2 rings (SSSR count). The largest absolute Gasteiger partial charge is 0.378 e. The molecule has 5 nitrogen and oxygen atoms in total. The Kier molecular flexibility index (Phi) is 5.00. The van der Waals surface area contributed by atoms with Crippen molar-refractivity contribution in [3.05, 3.63) is 0 Å². The van der Waals surface area contributed by atoms with Crippen molar-refractivity contribution in [1.82, 2.24) is 4.72 Å². The second kappa shape index (κ2) is 6.32. The van der Waals surface area contributed by atoms with E-state index in [4.69, 9.17) is 9.47 Å². The summed E-state index contributed by atoms with van der Waals surface area (Å²) in [7, 11) is -3.18. The molecule has 3 atom stereocenters. The van der Waals surface area contributed by atoms with Gasteiger partial charge in [-0.25, -0.2) is 13.1 Å². The van der Waals surface area contributed by atoms with Crippen LogP contribution in [0.2, 0.25) is 0 Å². The van der Waals surface area contributed by atoms with E-state index in [9.17, 15) is 8.42 Å². The molecule has 6 heteroatoms. The second-order valence-corrected chi connectivity index (χ2v) is 7.14. The minimum atomic E-state index is -3.18. The van der Waals surface area contributed by atoms with Crippen LogP contribution >= 0.6 is 0 Å². The van der Waals surface area contributed by atoms with Gasteiger partial charge in [0.1, 0.15) is 0 Å². The average molecular weight is 277 g/mol. The first-order chi connectivity index (χ1) is 8.55. The molecule has 0 bridgehead atoms. The monoisotopic (exact) mass is 277 g/mol. The van der Waals surface area contributed by atoms with Gasteiger partial charge in [0.15, 0.2) is 0 Å². The number of hydrogen-bond acceptors (Lipinski definition) is 4. The van der Waals surface area contributed by atoms with Gasteiger partial charge in [-0.1, -0.05) is 0 Å². The summed E-state index contributed by atoms with van der Waals surface area (Å²) >= 11 is 0. The van der Waals surface area contributed by atoms with Crippen molar-refractivity contribution >= 4 is 10.0 Å². The maximum atomic E-state index is 12.0. The topological polar surface area (TPSA) is 64.6 Å². The number of hydrogen-bond donors (Lipinski definition) is 1. The van der Waals surface area contributed by atoms with Crippen molar-refractivity contribution in [2.75, 3.05) is 19.0 Å². The summed E-state index contributed by atoms with van der Waals surface area (Å²) in [5.74, 6) is 0.170. The van der Waals surface area contributed by atoms with Crippen molar-refractivity contribution in [1.29, 1.82) is 0 Å². The molecule has 0 aromatic heterocycles. The molecule has 106 valence electrons. The van der Waals surface area contributed by atoms with E-state index in [0.29, 0.717) is 13.0 Å². The van der Waals surface area contributed by atoms with E-state index in [1.54, 1.807) is 0 Å². The molecule has 1 N–H and O–H groups in total. The van der Waals surface area contributed by atoms with E-state index in [1.807, 2.05) is 6.92 Å². The minimum absolute atomic E-state index is 0.0308. The third-order valence-electron chi connectivity index (χ3n) is 3.56. The van der Waals surface area contributed by atoms with Gasteiger partial charge in [-0.15, -0.1) is 0 Å². The van der Waals surface area contributed by atoms with Gasteiger partial charge in [0, 0.05) is 19.3 Å². The Morgan fingerprint density at radius 3 is 2.72 bits per heavy atom. The number of nitrogens with one attached hydrogen (secondary N) is 1. The Hall–Kier alpha value is -0.170. The zero-order valence-electron chi connectivity index (χ0n) is 10.9. The minimum Gasteiger partial charge on any atom is -0.378 e. The number of sulfonamides is 1. The lowest BCUT2D eigenvalue weighted by Gasteiger charge is -2.27. The SMILES string of the molecule is C[C@@H]1C[C@@H](NS(=O)(=O)CC[C@H]2CCCO2)CCO1. The van der Waals surface area contributed by atoms with Gasteiger partial charge in [0.05, 0.1) is 18.0 Å². The van der Waals surface area contributed by atoms with E-state index in [-0.39, 0.29) is 24.0 Å². The molecule has 2 aliphatic heterocycles. The molecule has 0 radical (unpaired) electrons. The molecular weight excluding hydrogens is 254 g/mol. The maximum absolute atomic E-state index is 12.0. The summed E-state index contributed by atoms with van der Waals surface area (Å²) in [6.45, 7) is 3.39. The third kappa shape index (κ3) is 4.50. The summed E-state index contributed by atoms with van der Waals surface area (Å²) in [6.07, 6.45) is 4.45. The van der Waals surface area contributed by atoms with E-state index in [1.165, 1.54) is 0 Å². The first-order valence-corrected chi connectivity index (χ1v) is 8.43. The quantitative estimate of drug-likeness (QED) is 0.815. The molecule has 2 aliphatic rings. The highest BCUT2D eigenvalue weighted by Gasteiger charge is 2.25. The highest BCUT2D eigenvalue weighted by atomic mass is 32.2. The first kappa shape index (κ1) is 14.2. The molecule has 2 heterocycles. The predicted octanol–water partition coefficient (Wildman–Crippen LogP) is 1.04. The van der Waals surface area contributed by atoms with Crippen molar-refractivity contribution in [3.8, 4) is 0 Å². The van der Waals surface area contributed by atoms with Gasteiger partial charge in [-0.2, -0.15) is 0 Å². The van der Waals surface area contributed by atoms with Crippen LogP contribution in [0.3, 0.4) is 0 Å². The maximum Gasteiger partial charge on any atom is 0.211 e. The highest BCUT2D eigenvalue weighted by Crippen LogP contribution is 2.17. The number of rotatable bonds is 5. The van der Waals surface area contributed by atoms with Crippen LogP contribution in [0.1, 0.15) is 39.0 Å². The average Bonchev–Trinajstić information content (AvgIpc) is 2.78. The molecule has 18 heavy (non-hydrogen) atoms. The van der Waals surface area contributed by atoms with Crippen LogP contribution < -0.4 is 4.72 Å². The second-order valence-electron chi connectivity index (χ2n) is 5.26. The standard InChI is InChI=1S/C12H23NO4S/c1-10-9-11(4-7-16-10)13-18(14,15)8-5-12-3-2-6-17-12/h10-13H,2-9H2,1H3/t10-,11+,12-/m1/s1. The Labute approximate surface area is 109 Å². The van der Waals surface area contributed by atoms with Crippen LogP contribution in [-0.4, -0.2) is 45.6 Å².